The molecule has 1 saturated heterocycles. The minimum absolute atomic E-state index is 0.136. The molecule has 0 saturated carbocycles. The van der Waals surface area contributed by atoms with Gasteiger partial charge in [-0.05, 0) is 53.9 Å². The lowest BCUT2D eigenvalue weighted by Gasteiger charge is -2.24. The predicted molar refractivity (Wildman–Crippen MR) is 56.5 cm³/mol. The summed E-state index contributed by atoms with van der Waals surface area (Å²) in [7, 11) is 0. The summed E-state index contributed by atoms with van der Waals surface area (Å²) in [5.74, 6) is 0. The van der Waals surface area contributed by atoms with Crippen molar-refractivity contribution in [2.75, 3.05) is 6.54 Å². The van der Waals surface area contributed by atoms with Gasteiger partial charge in [0.1, 0.15) is 0 Å². The fourth-order valence-corrected chi connectivity index (χ4v) is 2.22. The number of nitrogens with one attached hydrogen (secondary N) is 1. The van der Waals surface area contributed by atoms with E-state index in [0.29, 0.717) is 0 Å². The van der Waals surface area contributed by atoms with Gasteiger partial charge in [-0.3, -0.25) is 4.98 Å². The molecule has 1 unspecified atom stereocenters. The highest BCUT2D eigenvalue weighted by molar-refractivity contribution is 9.10. The highest BCUT2D eigenvalue weighted by Gasteiger charge is 2.30. The molecule has 0 aliphatic carbocycles. The molecule has 1 aliphatic rings. The lowest BCUT2D eigenvalue weighted by molar-refractivity contribution is 0.433. The Kier molecular flexibility index (Phi) is 2.39. The third-order valence-corrected chi connectivity index (χ3v) is 3.14. The van der Waals surface area contributed by atoms with E-state index in [1.54, 1.807) is 0 Å². The summed E-state index contributed by atoms with van der Waals surface area (Å²) >= 11 is 3.44. The molecular weight excluding hydrogens is 228 g/mol. The van der Waals surface area contributed by atoms with Gasteiger partial charge in [0.25, 0.3) is 0 Å². The molecule has 1 aromatic heterocycles. The fraction of sp³-hybridized carbons (Fsp3) is 0.500. The van der Waals surface area contributed by atoms with E-state index in [0.717, 1.165) is 11.0 Å². The summed E-state index contributed by atoms with van der Waals surface area (Å²) in [5, 5.41) is 3.52. The van der Waals surface area contributed by atoms with Gasteiger partial charge in [-0.1, -0.05) is 0 Å². The normalized spacial score (nSPS) is 27.8. The summed E-state index contributed by atoms with van der Waals surface area (Å²) in [5.41, 5.74) is 1.41. The van der Waals surface area contributed by atoms with Gasteiger partial charge in [0, 0.05) is 22.4 Å². The molecule has 0 spiro atoms. The van der Waals surface area contributed by atoms with Crippen molar-refractivity contribution in [1.82, 2.24) is 10.3 Å². The van der Waals surface area contributed by atoms with Crippen molar-refractivity contribution in [3.05, 3.63) is 28.5 Å². The molecule has 1 fully saturated rings. The van der Waals surface area contributed by atoms with E-state index in [1.165, 1.54) is 18.4 Å². The van der Waals surface area contributed by atoms with E-state index in [9.17, 15) is 0 Å². The van der Waals surface area contributed by atoms with E-state index in [-0.39, 0.29) is 5.54 Å². The van der Waals surface area contributed by atoms with Crippen molar-refractivity contribution in [1.29, 1.82) is 0 Å². The second-order valence-corrected chi connectivity index (χ2v) is 4.67. The number of hydrogen-bond donors (Lipinski definition) is 1. The van der Waals surface area contributed by atoms with Crippen LogP contribution in [0.25, 0.3) is 0 Å². The maximum atomic E-state index is 4.19. The Morgan fingerprint density at radius 2 is 2.38 bits per heavy atom. The molecule has 0 aromatic carbocycles. The van der Waals surface area contributed by atoms with Crippen LogP contribution in [0.3, 0.4) is 0 Å². The number of rotatable bonds is 1. The van der Waals surface area contributed by atoms with Gasteiger partial charge in [-0.2, -0.15) is 0 Å². The second-order valence-electron chi connectivity index (χ2n) is 3.75. The number of halogens is 1. The van der Waals surface area contributed by atoms with Crippen molar-refractivity contribution < 1.29 is 0 Å². The molecule has 2 rings (SSSR count). The van der Waals surface area contributed by atoms with Crippen LogP contribution in [0.1, 0.15) is 25.3 Å². The molecule has 1 aromatic rings. The molecule has 0 bridgehead atoms. The number of nitrogens with zero attached hydrogens (tertiary/aromatic N) is 1. The Morgan fingerprint density at radius 1 is 1.54 bits per heavy atom. The average Bonchev–Trinajstić information content (AvgIpc) is 2.54. The SMILES string of the molecule is CC1(c2cncc(Br)c2)CCCN1. The van der Waals surface area contributed by atoms with E-state index in [2.05, 4.69) is 39.2 Å². The first-order valence-corrected chi connectivity index (χ1v) is 5.36. The van der Waals surface area contributed by atoms with Crippen LogP contribution in [0.15, 0.2) is 22.9 Å². The van der Waals surface area contributed by atoms with E-state index in [1.807, 2.05) is 12.4 Å². The molecule has 1 atom stereocenters. The number of hydrogen-bond acceptors (Lipinski definition) is 2. The molecular formula is C10H13BrN2. The van der Waals surface area contributed by atoms with Crippen molar-refractivity contribution in [2.45, 2.75) is 25.3 Å². The highest BCUT2D eigenvalue weighted by Crippen LogP contribution is 2.30. The van der Waals surface area contributed by atoms with Gasteiger partial charge in [-0.25, -0.2) is 0 Å². The quantitative estimate of drug-likeness (QED) is 0.816. The molecule has 0 amide bonds. The Morgan fingerprint density at radius 3 is 3.00 bits per heavy atom. The highest BCUT2D eigenvalue weighted by atomic mass is 79.9. The van der Waals surface area contributed by atoms with Crippen molar-refractivity contribution in [3.63, 3.8) is 0 Å². The second kappa shape index (κ2) is 3.39. The molecule has 2 heterocycles. The molecule has 1 N–H and O–H groups in total. The Bertz CT molecular complexity index is 306. The third-order valence-electron chi connectivity index (χ3n) is 2.71. The Labute approximate surface area is 86.9 Å². The summed E-state index contributed by atoms with van der Waals surface area (Å²) < 4.78 is 1.06. The molecule has 0 radical (unpaired) electrons. The standard InChI is InChI=1S/C10H13BrN2/c1-10(3-2-4-13-10)8-5-9(11)7-12-6-8/h5-7,13H,2-4H2,1H3. The molecule has 2 nitrogen and oxygen atoms in total. The van der Waals surface area contributed by atoms with Crippen LogP contribution in [-0.2, 0) is 5.54 Å². The van der Waals surface area contributed by atoms with Gasteiger partial charge >= 0.3 is 0 Å². The predicted octanol–water partition coefficient (Wildman–Crippen LogP) is 2.44. The monoisotopic (exact) mass is 240 g/mol. The first-order valence-electron chi connectivity index (χ1n) is 4.57. The lowest BCUT2D eigenvalue weighted by Crippen LogP contribution is -2.33. The van der Waals surface area contributed by atoms with Crippen LogP contribution in [0.4, 0.5) is 0 Å². The van der Waals surface area contributed by atoms with Crippen molar-refractivity contribution in [2.24, 2.45) is 0 Å². The smallest absolute Gasteiger partial charge is 0.0422 e. The number of pyridine rings is 1. The summed E-state index contributed by atoms with van der Waals surface area (Å²) in [4.78, 5) is 4.19. The zero-order chi connectivity index (χ0) is 9.31. The largest absolute Gasteiger partial charge is 0.308 e. The van der Waals surface area contributed by atoms with Crippen LogP contribution < -0.4 is 5.32 Å². The summed E-state index contributed by atoms with van der Waals surface area (Å²) in [6.07, 6.45) is 6.22. The van der Waals surface area contributed by atoms with Gasteiger partial charge in [0.2, 0.25) is 0 Å². The minimum atomic E-state index is 0.136. The zero-order valence-corrected chi connectivity index (χ0v) is 9.26. The fourth-order valence-electron chi connectivity index (χ4n) is 1.85. The van der Waals surface area contributed by atoms with Gasteiger partial charge < -0.3 is 5.32 Å². The van der Waals surface area contributed by atoms with Crippen LogP contribution in [-0.4, -0.2) is 11.5 Å². The first-order chi connectivity index (χ1) is 6.21. The van der Waals surface area contributed by atoms with E-state index >= 15 is 0 Å². The number of aromatic nitrogens is 1. The maximum absolute atomic E-state index is 4.19. The van der Waals surface area contributed by atoms with E-state index < -0.39 is 0 Å². The summed E-state index contributed by atoms with van der Waals surface area (Å²) in [6.45, 7) is 3.35. The van der Waals surface area contributed by atoms with Gasteiger partial charge in [0.15, 0.2) is 0 Å². The van der Waals surface area contributed by atoms with Crippen LogP contribution in [0.2, 0.25) is 0 Å². The third kappa shape index (κ3) is 1.76. The average molecular weight is 241 g/mol. The van der Waals surface area contributed by atoms with Gasteiger partial charge in [-0.15, -0.1) is 0 Å². The van der Waals surface area contributed by atoms with Crippen molar-refractivity contribution in [3.8, 4) is 0 Å². The maximum Gasteiger partial charge on any atom is 0.0422 e. The first kappa shape index (κ1) is 9.16. The van der Waals surface area contributed by atoms with Gasteiger partial charge in [0.05, 0.1) is 0 Å². The molecule has 3 heteroatoms. The topological polar surface area (TPSA) is 24.9 Å². The summed E-state index contributed by atoms with van der Waals surface area (Å²) in [6, 6.07) is 2.14. The lowest BCUT2D eigenvalue weighted by atomic mass is 9.92. The minimum Gasteiger partial charge on any atom is -0.308 e. The Balaban J connectivity index is 2.33. The molecule has 1 aliphatic heterocycles. The molecule has 13 heavy (non-hydrogen) atoms. The van der Waals surface area contributed by atoms with Crippen LogP contribution in [0.5, 0.6) is 0 Å². The van der Waals surface area contributed by atoms with Crippen LogP contribution in [0, 0.1) is 0 Å². The Hall–Kier alpha value is -0.410. The molecule has 70 valence electrons. The van der Waals surface area contributed by atoms with E-state index in [4.69, 9.17) is 0 Å². The van der Waals surface area contributed by atoms with Crippen molar-refractivity contribution >= 4 is 15.9 Å². The van der Waals surface area contributed by atoms with Crippen LogP contribution >= 0.6 is 15.9 Å². The zero-order valence-electron chi connectivity index (χ0n) is 7.68.